The number of furan rings is 1. The summed E-state index contributed by atoms with van der Waals surface area (Å²) >= 11 is 0. The molecule has 26 heavy (non-hydrogen) atoms. The van der Waals surface area contributed by atoms with Gasteiger partial charge in [0.15, 0.2) is 0 Å². The third-order valence-corrected chi connectivity index (χ3v) is 5.46. The maximum Gasteiger partial charge on any atom is 0.242 e. The summed E-state index contributed by atoms with van der Waals surface area (Å²) in [6, 6.07) is 22.3. The number of rotatable bonds is 3. The van der Waals surface area contributed by atoms with Crippen molar-refractivity contribution >= 4 is 5.91 Å². The molecule has 4 nitrogen and oxygen atoms in total. The predicted molar refractivity (Wildman–Crippen MR) is 97.9 cm³/mol. The Balaban J connectivity index is 1.54. The first-order chi connectivity index (χ1) is 12.8. The zero-order valence-corrected chi connectivity index (χ0v) is 14.4. The monoisotopic (exact) mass is 344 g/mol. The number of hydrogen-bond donors (Lipinski definition) is 0. The number of carbonyl (C=O) groups excluding carboxylic acids is 1. The van der Waals surface area contributed by atoms with Crippen LogP contribution in [-0.4, -0.2) is 21.7 Å². The van der Waals surface area contributed by atoms with Crippen molar-refractivity contribution in [3.63, 3.8) is 0 Å². The molecule has 0 spiro atoms. The van der Waals surface area contributed by atoms with Crippen molar-refractivity contribution in [2.45, 2.75) is 31.7 Å². The highest BCUT2D eigenvalue weighted by molar-refractivity contribution is 5.85. The van der Waals surface area contributed by atoms with E-state index in [4.69, 9.17) is 4.42 Å². The highest BCUT2D eigenvalue weighted by atomic mass is 16.3. The fourth-order valence-electron chi connectivity index (χ4n) is 4.22. The Kier molecular flexibility index (Phi) is 3.64. The molecule has 0 N–H and O–H groups in total. The van der Waals surface area contributed by atoms with E-state index >= 15 is 0 Å². The normalized spacial score (nSPS) is 22.3. The van der Waals surface area contributed by atoms with Gasteiger partial charge in [0.1, 0.15) is 11.9 Å². The lowest BCUT2D eigenvalue weighted by Gasteiger charge is -2.33. The van der Waals surface area contributed by atoms with Crippen LogP contribution in [0.15, 0.2) is 77.4 Å². The molecular formula is C22H20N2O2. The van der Waals surface area contributed by atoms with Crippen molar-refractivity contribution in [3.05, 3.63) is 95.4 Å². The van der Waals surface area contributed by atoms with Crippen LogP contribution in [0, 0.1) is 0 Å². The minimum atomic E-state index is -0.156. The maximum absolute atomic E-state index is 13.3. The van der Waals surface area contributed by atoms with E-state index in [1.54, 1.807) is 6.26 Å². The molecule has 2 aliphatic heterocycles. The second-order valence-electron chi connectivity index (χ2n) is 7.00. The van der Waals surface area contributed by atoms with E-state index in [0.717, 1.165) is 24.3 Å². The van der Waals surface area contributed by atoms with Crippen molar-refractivity contribution in [3.8, 4) is 0 Å². The first-order valence-corrected chi connectivity index (χ1v) is 9.01. The molecule has 0 bridgehead atoms. The molecule has 3 aromatic rings. The van der Waals surface area contributed by atoms with Crippen LogP contribution in [0.1, 0.15) is 28.6 Å². The van der Waals surface area contributed by atoms with Gasteiger partial charge in [-0.2, -0.15) is 0 Å². The molecule has 3 heterocycles. The van der Waals surface area contributed by atoms with E-state index in [1.807, 2.05) is 35.2 Å². The Morgan fingerprint density at radius 3 is 2.46 bits per heavy atom. The van der Waals surface area contributed by atoms with Gasteiger partial charge >= 0.3 is 0 Å². The van der Waals surface area contributed by atoms with E-state index in [1.165, 1.54) is 11.1 Å². The molecule has 1 saturated heterocycles. The average Bonchev–Trinajstić information content (AvgIpc) is 3.29. The zero-order chi connectivity index (χ0) is 17.5. The maximum atomic E-state index is 13.3. The lowest BCUT2D eigenvalue weighted by atomic mass is 9.94. The Morgan fingerprint density at radius 2 is 1.69 bits per heavy atom. The Labute approximate surface area is 152 Å². The van der Waals surface area contributed by atoms with Crippen LogP contribution in [0.3, 0.4) is 0 Å². The van der Waals surface area contributed by atoms with E-state index in [-0.39, 0.29) is 18.1 Å². The molecule has 1 amide bonds. The second kappa shape index (κ2) is 6.15. The third kappa shape index (κ3) is 2.45. The van der Waals surface area contributed by atoms with E-state index in [9.17, 15) is 4.79 Å². The topological polar surface area (TPSA) is 36.7 Å². The van der Waals surface area contributed by atoms with Gasteiger partial charge in [-0.15, -0.1) is 0 Å². The van der Waals surface area contributed by atoms with Crippen molar-refractivity contribution in [1.29, 1.82) is 0 Å². The molecule has 1 fully saturated rings. The van der Waals surface area contributed by atoms with Crippen molar-refractivity contribution < 1.29 is 9.21 Å². The van der Waals surface area contributed by atoms with Crippen LogP contribution in [-0.2, 0) is 24.3 Å². The molecule has 5 rings (SSSR count). The van der Waals surface area contributed by atoms with Gasteiger partial charge in [-0.3, -0.25) is 9.69 Å². The van der Waals surface area contributed by atoms with E-state index in [2.05, 4.69) is 41.3 Å². The molecule has 2 aromatic carbocycles. The lowest BCUT2D eigenvalue weighted by molar-refractivity contribution is -0.131. The average molecular weight is 344 g/mol. The van der Waals surface area contributed by atoms with Gasteiger partial charge in [0.05, 0.1) is 12.3 Å². The third-order valence-electron chi connectivity index (χ3n) is 5.46. The van der Waals surface area contributed by atoms with Crippen molar-refractivity contribution in [2.24, 2.45) is 0 Å². The highest BCUT2D eigenvalue weighted by Crippen LogP contribution is 2.41. The molecule has 1 unspecified atom stereocenters. The summed E-state index contributed by atoms with van der Waals surface area (Å²) in [4.78, 5) is 17.5. The molecule has 0 aliphatic carbocycles. The summed E-state index contributed by atoms with van der Waals surface area (Å²) in [6.45, 7) is 1.36. The van der Waals surface area contributed by atoms with Gasteiger partial charge < -0.3 is 9.32 Å². The standard InChI is InChI=1S/C22H20N2O2/c25-22-19-13-17-9-4-5-10-18(17)15-23(19)21(20-11-6-12-26-20)24(22)14-16-7-2-1-3-8-16/h1-12,19,21H,13-15H2/t19-,21?/m0/s1. The van der Waals surface area contributed by atoms with Gasteiger partial charge in [0, 0.05) is 13.1 Å². The molecule has 1 aromatic heterocycles. The summed E-state index contributed by atoms with van der Waals surface area (Å²) in [5, 5.41) is 0. The summed E-state index contributed by atoms with van der Waals surface area (Å²) in [5.74, 6) is 1.01. The van der Waals surface area contributed by atoms with Crippen LogP contribution in [0.2, 0.25) is 0 Å². The first kappa shape index (κ1) is 15.4. The SMILES string of the molecule is O=C1[C@@H]2Cc3ccccc3CN2C(c2ccco2)N1Cc1ccccc1. The van der Waals surface area contributed by atoms with Crippen LogP contribution in [0.5, 0.6) is 0 Å². The summed E-state index contributed by atoms with van der Waals surface area (Å²) in [7, 11) is 0. The minimum absolute atomic E-state index is 0.122. The molecule has 0 radical (unpaired) electrons. The summed E-state index contributed by atoms with van der Waals surface area (Å²) in [5.41, 5.74) is 3.71. The molecule has 2 atom stereocenters. The molecular weight excluding hydrogens is 324 g/mol. The largest absolute Gasteiger partial charge is 0.466 e. The van der Waals surface area contributed by atoms with Crippen LogP contribution < -0.4 is 0 Å². The fraction of sp³-hybridized carbons (Fsp3) is 0.227. The summed E-state index contributed by atoms with van der Waals surface area (Å²) in [6.07, 6.45) is 2.29. The van der Waals surface area contributed by atoms with Gasteiger partial charge in [-0.05, 0) is 35.2 Å². The molecule has 4 heteroatoms. The number of benzene rings is 2. The van der Waals surface area contributed by atoms with Crippen molar-refractivity contribution in [2.75, 3.05) is 0 Å². The number of amides is 1. The van der Waals surface area contributed by atoms with E-state index < -0.39 is 0 Å². The Morgan fingerprint density at radius 1 is 0.923 bits per heavy atom. The smallest absolute Gasteiger partial charge is 0.242 e. The number of fused-ring (bicyclic) bond motifs is 2. The van der Waals surface area contributed by atoms with Crippen molar-refractivity contribution in [1.82, 2.24) is 9.80 Å². The molecule has 2 aliphatic rings. The second-order valence-corrected chi connectivity index (χ2v) is 7.00. The van der Waals surface area contributed by atoms with Crippen LogP contribution in [0.25, 0.3) is 0 Å². The minimum Gasteiger partial charge on any atom is -0.466 e. The zero-order valence-electron chi connectivity index (χ0n) is 14.4. The highest BCUT2D eigenvalue weighted by Gasteiger charge is 2.49. The number of hydrogen-bond acceptors (Lipinski definition) is 3. The molecule has 0 saturated carbocycles. The number of carbonyl (C=O) groups is 1. The lowest BCUT2D eigenvalue weighted by Crippen LogP contribution is -2.39. The molecule has 130 valence electrons. The predicted octanol–water partition coefficient (Wildman–Crippen LogP) is 3.75. The Hall–Kier alpha value is -2.85. The summed E-state index contributed by atoms with van der Waals surface area (Å²) < 4.78 is 5.74. The van der Waals surface area contributed by atoms with Crippen LogP contribution in [0.4, 0.5) is 0 Å². The van der Waals surface area contributed by atoms with Gasteiger partial charge in [0.25, 0.3) is 0 Å². The van der Waals surface area contributed by atoms with Crippen LogP contribution >= 0.6 is 0 Å². The van der Waals surface area contributed by atoms with E-state index in [0.29, 0.717) is 6.54 Å². The fourth-order valence-corrected chi connectivity index (χ4v) is 4.22. The van der Waals surface area contributed by atoms with Gasteiger partial charge in [0.2, 0.25) is 5.91 Å². The first-order valence-electron chi connectivity index (χ1n) is 9.01. The quantitative estimate of drug-likeness (QED) is 0.726. The Bertz CT molecular complexity index is 920. The number of nitrogens with zero attached hydrogens (tertiary/aromatic N) is 2. The van der Waals surface area contributed by atoms with Gasteiger partial charge in [-0.1, -0.05) is 54.6 Å². The van der Waals surface area contributed by atoms with Gasteiger partial charge in [-0.25, -0.2) is 0 Å².